The van der Waals surface area contributed by atoms with E-state index in [4.69, 9.17) is 4.74 Å². The molecule has 0 spiro atoms. The van der Waals surface area contributed by atoms with Crippen LogP contribution in [0.4, 0.5) is 0 Å². The van der Waals surface area contributed by atoms with Gasteiger partial charge in [-0.2, -0.15) is 0 Å². The van der Waals surface area contributed by atoms with Gasteiger partial charge >= 0.3 is 0 Å². The molecule has 2 fully saturated rings. The highest BCUT2D eigenvalue weighted by molar-refractivity contribution is 14.0. The van der Waals surface area contributed by atoms with Crippen molar-refractivity contribution < 1.29 is 9.53 Å². The fourth-order valence-corrected chi connectivity index (χ4v) is 3.07. The van der Waals surface area contributed by atoms with Gasteiger partial charge in [-0.1, -0.05) is 12.2 Å². The van der Waals surface area contributed by atoms with Gasteiger partial charge < -0.3 is 19.9 Å². The first-order chi connectivity index (χ1) is 11.0. The molecule has 2 unspecified atom stereocenters. The van der Waals surface area contributed by atoms with Crippen LogP contribution in [0.3, 0.4) is 0 Å². The molecule has 2 aliphatic heterocycles. The molecular weight excluding hydrogens is 419 g/mol. The molecule has 2 saturated heterocycles. The number of nitrogens with zero attached hydrogens (tertiary/aromatic N) is 3. The third-order valence-electron chi connectivity index (χ3n) is 4.57. The number of nitrogens with one attached hydrogen (secondary N) is 1. The van der Waals surface area contributed by atoms with Crippen LogP contribution in [0, 0.1) is 11.8 Å². The minimum atomic E-state index is 0. The summed E-state index contributed by atoms with van der Waals surface area (Å²) in [5, 5.41) is 3.34. The molecule has 0 aliphatic carbocycles. The van der Waals surface area contributed by atoms with Gasteiger partial charge in [-0.3, -0.25) is 4.79 Å². The van der Waals surface area contributed by atoms with Gasteiger partial charge in [-0.05, 0) is 31.6 Å². The number of likely N-dealkylation sites (N-methyl/N-ethyl adjacent to an activating group) is 1. The predicted octanol–water partition coefficient (Wildman–Crippen LogP) is 1.57. The van der Waals surface area contributed by atoms with E-state index in [0.717, 1.165) is 37.8 Å². The number of aliphatic imine (C=N–C) groups is 1. The number of carbonyl (C=O) groups is 1. The Morgan fingerprint density at radius 2 is 2.12 bits per heavy atom. The highest BCUT2D eigenvalue weighted by Gasteiger charge is 2.33. The molecular formula is C17H31IN4O2. The average molecular weight is 450 g/mol. The van der Waals surface area contributed by atoms with Crippen LogP contribution in [0.25, 0.3) is 0 Å². The van der Waals surface area contributed by atoms with E-state index in [0.29, 0.717) is 18.4 Å². The summed E-state index contributed by atoms with van der Waals surface area (Å²) in [6, 6.07) is 0. The Bertz CT molecular complexity index is 462. The second-order valence-corrected chi connectivity index (χ2v) is 6.86. The summed E-state index contributed by atoms with van der Waals surface area (Å²) in [6.45, 7) is 10.5. The van der Waals surface area contributed by atoms with Crippen LogP contribution in [-0.4, -0.2) is 75.2 Å². The van der Waals surface area contributed by atoms with Crippen molar-refractivity contribution >= 4 is 35.8 Å². The third-order valence-corrected chi connectivity index (χ3v) is 4.57. The number of ether oxygens (including phenoxy) is 1. The molecule has 0 aromatic rings. The molecule has 7 heteroatoms. The van der Waals surface area contributed by atoms with Crippen molar-refractivity contribution in [1.82, 2.24) is 15.1 Å². The minimum Gasteiger partial charge on any atom is -0.381 e. The van der Waals surface area contributed by atoms with Crippen molar-refractivity contribution in [1.29, 1.82) is 0 Å². The van der Waals surface area contributed by atoms with Crippen molar-refractivity contribution in [3.8, 4) is 0 Å². The van der Waals surface area contributed by atoms with Crippen molar-refractivity contribution in [2.45, 2.75) is 19.8 Å². The first kappa shape index (κ1) is 21.2. The topological polar surface area (TPSA) is 57.2 Å². The Morgan fingerprint density at radius 1 is 1.38 bits per heavy atom. The van der Waals surface area contributed by atoms with E-state index in [1.165, 1.54) is 12.8 Å². The Balaban J connectivity index is 0.00000288. The van der Waals surface area contributed by atoms with Gasteiger partial charge in [0.15, 0.2) is 5.96 Å². The molecule has 0 aromatic heterocycles. The maximum absolute atomic E-state index is 11.8. The van der Waals surface area contributed by atoms with Crippen LogP contribution in [0.1, 0.15) is 19.8 Å². The minimum absolute atomic E-state index is 0. The summed E-state index contributed by atoms with van der Waals surface area (Å²) in [5.41, 5.74) is 1.05. The first-order valence-corrected chi connectivity index (χ1v) is 8.43. The molecule has 138 valence electrons. The molecule has 1 amide bonds. The average Bonchev–Trinajstić information content (AvgIpc) is 3.17. The van der Waals surface area contributed by atoms with Crippen LogP contribution in [0.2, 0.25) is 0 Å². The number of hydrogen-bond acceptors (Lipinski definition) is 3. The number of halogens is 1. The fourth-order valence-electron chi connectivity index (χ4n) is 3.07. The number of hydrogen-bond donors (Lipinski definition) is 1. The highest BCUT2D eigenvalue weighted by Crippen LogP contribution is 2.29. The zero-order valence-corrected chi connectivity index (χ0v) is 17.4. The SMILES string of the molecule is C=C(C)CNC(=NCC(=O)N(C)C)N1CCC(C2CCOC2)C1.I. The van der Waals surface area contributed by atoms with Gasteiger partial charge in [0.2, 0.25) is 5.91 Å². The lowest BCUT2D eigenvalue weighted by Gasteiger charge is -2.23. The molecule has 2 atom stereocenters. The Kier molecular flexibility index (Phi) is 9.04. The van der Waals surface area contributed by atoms with Crippen LogP contribution in [0.5, 0.6) is 0 Å². The lowest BCUT2D eigenvalue weighted by Crippen LogP contribution is -2.42. The van der Waals surface area contributed by atoms with Crippen LogP contribution >= 0.6 is 24.0 Å². The van der Waals surface area contributed by atoms with Crippen molar-refractivity contribution in [3.63, 3.8) is 0 Å². The zero-order chi connectivity index (χ0) is 16.8. The maximum Gasteiger partial charge on any atom is 0.243 e. The van der Waals surface area contributed by atoms with Gasteiger partial charge in [-0.25, -0.2) is 4.99 Å². The Hall–Kier alpha value is -0.830. The number of rotatable bonds is 5. The molecule has 2 rings (SSSR count). The largest absolute Gasteiger partial charge is 0.381 e. The van der Waals surface area contributed by atoms with E-state index >= 15 is 0 Å². The molecule has 0 saturated carbocycles. The molecule has 0 aromatic carbocycles. The van der Waals surface area contributed by atoms with Gasteiger partial charge in [0.25, 0.3) is 0 Å². The Morgan fingerprint density at radius 3 is 2.71 bits per heavy atom. The summed E-state index contributed by atoms with van der Waals surface area (Å²) in [4.78, 5) is 20.2. The highest BCUT2D eigenvalue weighted by atomic mass is 127. The molecule has 24 heavy (non-hydrogen) atoms. The standard InChI is InChI=1S/C17H30N4O2.HI/c1-13(2)9-18-17(19-10-16(22)20(3)4)21-7-5-14(11-21)15-6-8-23-12-15;/h14-15H,1,5-12H2,2-4H3,(H,18,19);1H. The summed E-state index contributed by atoms with van der Waals surface area (Å²) in [6.07, 6.45) is 2.34. The second-order valence-electron chi connectivity index (χ2n) is 6.86. The van der Waals surface area contributed by atoms with E-state index in [2.05, 4.69) is 21.8 Å². The van der Waals surface area contributed by atoms with Crippen molar-refractivity contribution in [2.75, 3.05) is 53.5 Å². The van der Waals surface area contributed by atoms with Crippen LogP contribution in [0.15, 0.2) is 17.1 Å². The van der Waals surface area contributed by atoms with E-state index in [1.54, 1.807) is 19.0 Å². The van der Waals surface area contributed by atoms with E-state index < -0.39 is 0 Å². The summed E-state index contributed by atoms with van der Waals surface area (Å²) in [7, 11) is 3.51. The number of carbonyl (C=O) groups excluding carboxylic acids is 1. The van der Waals surface area contributed by atoms with Crippen molar-refractivity contribution in [2.24, 2.45) is 16.8 Å². The van der Waals surface area contributed by atoms with E-state index in [-0.39, 0.29) is 36.4 Å². The lowest BCUT2D eigenvalue weighted by atomic mass is 9.91. The molecule has 2 heterocycles. The van der Waals surface area contributed by atoms with Gasteiger partial charge in [0, 0.05) is 46.9 Å². The molecule has 6 nitrogen and oxygen atoms in total. The summed E-state index contributed by atoms with van der Waals surface area (Å²) >= 11 is 0. The summed E-state index contributed by atoms with van der Waals surface area (Å²) < 4.78 is 5.52. The Labute approximate surface area is 162 Å². The summed E-state index contributed by atoms with van der Waals surface area (Å²) in [5.74, 6) is 2.17. The van der Waals surface area contributed by atoms with Gasteiger partial charge in [0.05, 0.1) is 0 Å². The number of guanidine groups is 1. The fraction of sp³-hybridized carbons (Fsp3) is 0.765. The van der Waals surface area contributed by atoms with Crippen LogP contribution < -0.4 is 5.32 Å². The number of likely N-dealkylation sites (tertiary alicyclic amines) is 1. The molecule has 2 aliphatic rings. The smallest absolute Gasteiger partial charge is 0.243 e. The second kappa shape index (κ2) is 10.2. The van der Waals surface area contributed by atoms with Crippen molar-refractivity contribution in [3.05, 3.63) is 12.2 Å². The predicted molar refractivity (Wildman–Crippen MR) is 108 cm³/mol. The van der Waals surface area contributed by atoms with E-state index in [9.17, 15) is 4.79 Å². The molecule has 1 N–H and O–H groups in total. The normalized spacial score (nSPS) is 23.8. The molecule has 0 bridgehead atoms. The van der Waals surface area contributed by atoms with Crippen LogP contribution in [-0.2, 0) is 9.53 Å². The third kappa shape index (κ3) is 6.23. The van der Waals surface area contributed by atoms with Gasteiger partial charge in [-0.15, -0.1) is 24.0 Å². The van der Waals surface area contributed by atoms with Gasteiger partial charge in [0.1, 0.15) is 6.54 Å². The quantitative estimate of drug-likeness (QED) is 0.299. The monoisotopic (exact) mass is 450 g/mol. The first-order valence-electron chi connectivity index (χ1n) is 8.43. The number of amides is 1. The molecule has 0 radical (unpaired) electrons. The lowest BCUT2D eigenvalue weighted by molar-refractivity contribution is -0.127. The zero-order valence-electron chi connectivity index (χ0n) is 15.1. The van der Waals surface area contributed by atoms with E-state index in [1.807, 2.05) is 6.92 Å². The maximum atomic E-state index is 11.8.